The van der Waals surface area contributed by atoms with Gasteiger partial charge in [-0.3, -0.25) is 4.74 Å². The van der Waals surface area contributed by atoms with Crippen molar-refractivity contribution < 1.29 is 17.9 Å². The fraction of sp³-hybridized carbons (Fsp3) is 0.429. The lowest BCUT2D eigenvalue weighted by Crippen LogP contribution is -2.26. The normalized spacial score (nSPS) is 38.1. The number of hydrogen-bond acceptors (Lipinski definition) is 2. The van der Waals surface area contributed by atoms with Gasteiger partial charge in [-0.15, -0.1) is 24.9 Å². The highest BCUT2D eigenvalue weighted by atomic mass is 32.2. The van der Waals surface area contributed by atoms with Gasteiger partial charge in [0, 0.05) is 0 Å². The summed E-state index contributed by atoms with van der Waals surface area (Å²) in [6.45, 7) is 0. The number of halogens is 3. The largest absolute Gasteiger partial charge is 0.524 e. The summed E-state index contributed by atoms with van der Waals surface area (Å²) in [5, 5.41) is -0.163. The molecule has 12 heavy (non-hydrogen) atoms. The number of rotatable bonds is 1. The number of alkyl halides is 3. The Balaban J connectivity index is 2.07. The molecule has 2 aliphatic rings. The molecule has 1 heterocycles. The van der Waals surface area contributed by atoms with Crippen molar-refractivity contribution in [2.45, 2.75) is 16.5 Å². The van der Waals surface area contributed by atoms with E-state index in [0.717, 1.165) is 11.8 Å². The molecule has 0 bridgehead atoms. The molecule has 0 aromatic rings. The summed E-state index contributed by atoms with van der Waals surface area (Å²) in [6, 6.07) is 0. The zero-order valence-corrected chi connectivity index (χ0v) is 6.65. The average Bonchev–Trinajstić information content (AvgIpc) is 2.56. The van der Waals surface area contributed by atoms with Crippen molar-refractivity contribution in [3.63, 3.8) is 0 Å². The van der Waals surface area contributed by atoms with E-state index in [1.807, 2.05) is 0 Å². The minimum Gasteiger partial charge on any atom is -0.269 e. The summed E-state index contributed by atoms with van der Waals surface area (Å²) in [7, 11) is 0. The van der Waals surface area contributed by atoms with E-state index in [-0.39, 0.29) is 5.25 Å². The van der Waals surface area contributed by atoms with Gasteiger partial charge in [0.2, 0.25) is 0 Å². The van der Waals surface area contributed by atoms with Gasteiger partial charge < -0.3 is 0 Å². The third kappa shape index (κ3) is 1.38. The Hall–Kier alpha value is -0.420. The van der Waals surface area contributed by atoms with Crippen molar-refractivity contribution in [2.75, 3.05) is 0 Å². The van der Waals surface area contributed by atoms with E-state index in [1.165, 1.54) is 6.08 Å². The third-order valence-corrected chi connectivity index (χ3v) is 3.00. The molecule has 0 saturated carbocycles. The van der Waals surface area contributed by atoms with Crippen LogP contribution in [0.25, 0.3) is 0 Å². The Labute approximate surface area is 71.3 Å². The van der Waals surface area contributed by atoms with Gasteiger partial charge in [0.1, 0.15) is 0 Å². The lowest BCUT2D eigenvalue weighted by molar-refractivity contribution is -0.337. The molecule has 0 radical (unpaired) electrons. The number of ether oxygens (including phenoxy) is 1. The summed E-state index contributed by atoms with van der Waals surface area (Å²) >= 11 is 1.16. The molecule has 0 spiro atoms. The second kappa shape index (κ2) is 2.29. The fourth-order valence-corrected chi connectivity index (χ4v) is 2.13. The SMILES string of the molecule is FC(F)(F)OC12C=CC=CC1S2. The number of hydrogen-bond donors (Lipinski definition) is 0. The van der Waals surface area contributed by atoms with Gasteiger partial charge in [0.15, 0.2) is 4.93 Å². The van der Waals surface area contributed by atoms with Gasteiger partial charge in [-0.05, 0) is 6.08 Å². The lowest BCUT2D eigenvalue weighted by atomic mass is 10.1. The zero-order chi connectivity index (χ0) is 8.82. The topological polar surface area (TPSA) is 9.23 Å². The van der Waals surface area contributed by atoms with E-state index in [1.54, 1.807) is 18.2 Å². The second-order valence-electron chi connectivity index (χ2n) is 2.55. The zero-order valence-electron chi connectivity index (χ0n) is 5.84. The Morgan fingerprint density at radius 1 is 1.33 bits per heavy atom. The van der Waals surface area contributed by atoms with Gasteiger partial charge in [0.25, 0.3) is 0 Å². The molecule has 2 atom stereocenters. The third-order valence-electron chi connectivity index (χ3n) is 1.65. The van der Waals surface area contributed by atoms with Gasteiger partial charge in [-0.25, -0.2) is 0 Å². The molecular weight excluding hydrogens is 189 g/mol. The molecule has 5 heteroatoms. The minimum atomic E-state index is -4.54. The number of allylic oxidation sites excluding steroid dienone is 2. The molecule has 0 aromatic carbocycles. The Morgan fingerprint density at radius 2 is 2.08 bits per heavy atom. The van der Waals surface area contributed by atoms with Crippen LogP contribution < -0.4 is 0 Å². The van der Waals surface area contributed by atoms with E-state index in [9.17, 15) is 13.2 Å². The Bertz CT molecular complexity index is 258. The minimum absolute atomic E-state index is 0.163. The monoisotopic (exact) mass is 194 g/mol. The predicted molar refractivity (Wildman–Crippen MR) is 39.5 cm³/mol. The van der Waals surface area contributed by atoms with Crippen molar-refractivity contribution in [3.8, 4) is 0 Å². The molecule has 0 amide bonds. The smallest absolute Gasteiger partial charge is 0.269 e. The van der Waals surface area contributed by atoms with E-state index in [4.69, 9.17) is 0 Å². The van der Waals surface area contributed by atoms with Crippen LogP contribution in [0.4, 0.5) is 13.2 Å². The van der Waals surface area contributed by atoms with Crippen molar-refractivity contribution in [1.82, 2.24) is 0 Å². The van der Waals surface area contributed by atoms with Crippen LogP contribution in [0.15, 0.2) is 24.3 Å². The van der Waals surface area contributed by atoms with Crippen LogP contribution in [-0.2, 0) is 4.74 Å². The Kier molecular flexibility index (Phi) is 1.56. The average molecular weight is 194 g/mol. The maximum absolute atomic E-state index is 11.8. The van der Waals surface area contributed by atoms with E-state index in [0.29, 0.717) is 0 Å². The highest BCUT2D eigenvalue weighted by Crippen LogP contribution is 2.59. The molecule has 1 saturated heterocycles. The second-order valence-corrected chi connectivity index (χ2v) is 3.93. The fourth-order valence-electron chi connectivity index (χ4n) is 1.12. The van der Waals surface area contributed by atoms with Crippen LogP contribution >= 0.6 is 11.8 Å². The van der Waals surface area contributed by atoms with Gasteiger partial charge >= 0.3 is 6.36 Å². The van der Waals surface area contributed by atoms with Crippen molar-refractivity contribution in [3.05, 3.63) is 24.3 Å². The molecular formula is C7H5F3OS. The van der Waals surface area contributed by atoms with Crippen molar-refractivity contribution in [2.24, 2.45) is 0 Å². The van der Waals surface area contributed by atoms with Crippen LogP contribution in [0.3, 0.4) is 0 Å². The molecule has 1 aliphatic carbocycles. The molecule has 1 fully saturated rings. The van der Waals surface area contributed by atoms with Crippen LogP contribution in [0, 0.1) is 0 Å². The van der Waals surface area contributed by atoms with Crippen LogP contribution in [0.2, 0.25) is 0 Å². The van der Waals surface area contributed by atoms with Gasteiger partial charge in [-0.1, -0.05) is 18.2 Å². The summed E-state index contributed by atoms with van der Waals surface area (Å²) in [5.74, 6) is 0. The number of fused-ring (bicyclic) bond motifs is 1. The summed E-state index contributed by atoms with van der Waals surface area (Å²) < 4.78 is 39.4. The molecule has 66 valence electrons. The quantitative estimate of drug-likeness (QED) is 0.593. The van der Waals surface area contributed by atoms with E-state index < -0.39 is 11.3 Å². The number of thioether (sulfide) groups is 1. The molecule has 2 rings (SSSR count). The first-order valence-corrected chi connectivity index (χ1v) is 4.21. The lowest BCUT2D eigenvalue weighted by Gasteiger charge is -2.14. The highest BCUT2D eigenvalue weighted by Gasteiger charge is 2.60. The maximum Gasteiger partial charge on any atom is 0.524 e. The maximum atomic E-state index is 11.8. The molecule has 2 unspecified atom stereocenters. The van der Waals surface area contributed by atoms with E-state index in [2.05, 4.69) is 4.74 Å². The summed E-state index contributed by atoms with van der Waals surface area (Å²) in [6.07, 6.45) is 1.90. The Morgan fingerprint density at radius 3 is 2.67 bits per heavy atom. The first-order chi connectivity index (χ1) is 5.52. The molecule has 0 N–H and O–H groups in total. The van der Waals surface area contributed by atoms with Crippen molar-refractivity contribution >= 4 is 11.8 Å². The van der Waals surface area contributed by atoms with Gasteiger partial charge in [0.05, 0.1) is 5.25 Å². The summed E-state index contributed by atoms with van der Waals surface area (Å²) in [4.78, 5) is -1.15. The predicted octanol–water partition coefficient (Wildman–Crippen LogP) is 2.46. The first kappa shape index (κ1) is 8.19. The highest BCUT2D eigenvalue weighted by molar-refractivity contribution is 8.08. The van der Waals surface area contributed by atoms with Crippen molar-refractivity contribution in [1.29, 1.82) is 0 Å². The van der Waals surface area contributed by atoms with E-state index >= 15 is 0 Å². The van der Waals surface area contributed by atoms with Gasteiger partial charge in [-0.2, -0.15) is 0 Å². The molecule has 1 nitrogen and oxygen atoms in total. The first-order valence-electron chi connectivity index (χ1n) is 3.33. The molecule has 1 aliphatic heterocycles. The summed E-state index contributed by atoms with van der Waals surface area (Å²) in [5.41, 5.74) is 0. The van der Waals surface area contributed by atoms with Crippen LogP contribution in [0.5, 0.6) is 0 Å². The molecule has 0 aromatic heterocycles. The van der Waals surface area contributed by atoms with Crippen LogP contribution in [0.1, 0.15) is 0 Å². The van der Waals surface area contributed by atoms with Crippen LogP contribution in [-0.4, -0.2) is 16.5 Å². The standard InChI is InChI=1S/C7H5F3OS/c8-7(9,10)11-6-4-2-1-3-5(6)12-6/h1-5H.